The Morgan fingerprint density at radius 3 is 2.63 bits per heavy atom. The Morgan fingerprint density at radius 1 is 1.22 bits per heavy atom. The molecule has 1 aliphatic carbocycles. The summed E-state index contributed by atoms with van der Waals surface area (Å²) in [5.74, 6) is 0.868. The first-order valence-electron chi connectivity index (χ1n) is 8.80. The topological polar surface area (TPSA) is 46.9 Å². The molecule has 27 heavy (non-hydrogen) atoms. The highest BCUT2D eigenvalue weighted by molar-refractivity contribution is 9.10. The van der Waals surface area contributed by atoms with Gasteiger partial charge in [-0.15, -0.1) is 0 Å². The van der Waals surface area contributed by atoms with Gasteiger partial charge in [-0.3, -0.25) is 9.48 Å². The quantitative estimate of drug-likeness (QED) is 0.573. The van der Waals surface area contributed by atoms with Crippen LogP contribution in [0.3, 0.4) is 0 Å². The Morgan fingerprint density at radius 2 is 1.93 bits per heavy atom. The van der Waals surface area contributed by atoms with Crippen LogP contribution in [0.1, 0.15) is 23.6 Å². The molecule has 6 heteroatoms. The molecule has 2 unspecified atom stereocenters. The van der Waals surface area contributed by atoms with Gasteiger partial charge in [-0.1, -0.05) is 57.9 Å². The maximum absolute atomic E-state index is 12.9. The lowest BCUT2D eigenvalue weighted by molar-refractivity contribution is -0.117. The molecule has 2 atom stereocenters. The lowest BCUT2D eigenvalue weighted by Gasteiger charge is -2.10. The molecule has 138 valence electrons. The first-order valence-corrected chi connectivity index (χ1v) is 9.97. The smallest absolute Gasteiger partial charge is 0.229 e. The SMILES string of the molecule is Cc1nn(C)c(NC(=O)C2CC2c2ccccc2Cl)c1-c1ccc(Br)cc1. The molecule has 1 saturated carbocycles. The molecule has 1 aromatic heterocycles. The maximum Gasteiger partial charge on any atom is 0.229 e. The number of carbonyl (C=O) groups excluding carboxylic acids is 1. The average molecular weight is 445 g/mol. The second kappa shape index (κ2) is 7.13. The van der Waals surface area contributed by atoms with Crippen LogP contribution in [0.15, 0.2) is 53.0 Å². The maximum atomic E-state index is 12.9. The van der Waals surface area contributed by atoms with Gasteiger partial charge in [0.05, 0.1) is 5.69 Å². The molecule has 0 saturated heterocycles. The van der Waals surface area contributed by atoms with Crippen molar-refractivity contribution in [3.8, 4) is 11.1 Å². The van der Waals surface area contributed by atoms with Gasteiger partial charge in [-0.05, 0) is 48.6 Å². The van der Waals surface area contributed by atoms with E-state index in [9.17, 15) is 4.79 Å². The largest absolute Gasteiger partial charge is 0.310 e. The van der Waals surface area contributed by atoms with E-state index in [1.165, 1.54) is 0 Å². The van der Waals surface area contributed by atoms with Crippen molar-refractivity contribution in [2.45, 2.75) is 19.3 Å². The molecule has 2 aromatic carbocycles. The van der Waals surface area contributed by atoms with Crippen molar-refractivity contribution in [2.75, 3.05) is 5.32 Å². The molecular formula is C21H19BrClN3O. The van der Waals surface area contributed by atoms with E-state index in [1.54, 1.807) is 4.68 Å². The van der Waals surface area contributed by atoms with Crippen LogP contribution in [0, 0.1) is 12.8 Å². The number of aryl methyl sites for hydroxylation is 2. The highest BCUT2D eigenvalue weighted by atomic mass is 79.9. The molecule has 1 heterocycles. The Bertz CT molecular complexity index is 1010. The first kappa shape index (κ1) is 18.3. The third-order valence-corrected chi connectivity index (χ3v) is 5.90. The standard InChI is InChI=1S/C21H19BrClN3O/c1-12-19(13-7-9-14(22)10-8-13)20(26(2)25-12)24-21(27)17-11-16(17)15-5-3-4-6-18(15)23/h3-10,16-17H,11H2,1-2H3,(H,24,27). The summed E-state index contributed by atoms with van der Waals surface area (Å²) in [5, 5.41) is 8.33. The number of nitrogens with one attached hydrogen (secondary N) is 1. The van der Waals surface area contributed by atoms with E-state index in [2.05, 4.69) is 26.3 Å². The van der Waals surface area contributed by atoms with Crippen molar-refractivity contribution in [3.05, 3.63) is 69.3 Å². The van der Waals surface area contributed by atoms with Gasteiger partial charge >= 0.3 is 0 Å². The van der Waals surface area contributed by atoms with Crippen LogP contribution in [0.5, 0.6) is 0 Å². The van der Waals surface area contributed by atoms with Crippen molar-refractivity contribution in [2.24, 2.45) is 13.0 Å². The fraction of sp³-hybridized carbons (Fsp3) is 0.238. The number of aromatic nitrogens is 2. The molecule has 1 aliphatic rings. The number of carbonyl (C=O) groups is 1. The molecule has 3 aromatic rings. The molecule has 0 spiro atoms. The van der Waals surface area contributed by atoms with Gasteiger partial charge in [0.25, 0.3) is 0 Å². The van der Waals surface area contributed by atoms with Crippen LogP contribution in [0.25, 0.3) is 11.1 Å². The summed E-state index contributed by atoms with van der Waals surface area (Å²) in [4.78, 5) is 12.9. The molecule has 1 amide bonds. The number of halogens is 2. The van der Waals surface area contributed by atoms with Crippen molar-refractivity contribution < 1.29 is 4.79 Å². The molecule has 4 nitrogen and oxygen atoms in total. The molecule has 0 bridgehead atoms. The molecular weight excluding hydrogens is 426 g/mol. The second-order valence-corrected chi connectivity index (χ2v) is 8.22. The van der Waals surface area contributed by atoms with Crippen LogP contribution in [0.2, 0.25) is 5.02 Å². The van der Waals surface area contributed by atoms with Crippen molar-refractivity contribution in [3.63, 3.8) is 0 Å². The lowest BCUT2D eigenvalue weighted by atomic mass is 10.1. The predicted molar refractivity (Wildman–Crippen MR) is 112 cm³/mol. The zero-order chi connectivity index (χ0) is 19.1. The number of rotatable bonds is 4. The monoisotopic (exact) mass is 443 g/mol. The molecule has 1 fully saturated rings. The summed E-state index contributed by atoms with van der Waals surface area (Å²) >= 11 is 9.75. The van der Waals surface area contributed by atoms with Crippen molar-refractivity contribution in [1.82, 2.24) is 9.78 Å². The van der Waals surface area contributed by atoms with Crippen LogP contribution in [-0.4, -0.2) is 15.7 Å². The van der Waals surface area contributed by atoms with Crippen LogP contribution in [0.4, 0.5) is 5.82 Å². The van der Waals surface area contributed by atoms with Crippen molar-refractivity contribution >= 4 is 39.3 Å². The van der Waals surface area contributed by atoms with E-state index in [1.807, 2.05) is 62.5 Å². The van der Waals surface area contributed by atoms with Crippen LogP contribution < -0.4 is 5.32 Å². The van der Waals surface area contributed by atoms with Gasteiger partial charge in [0.2, 0.25) is 5.91 Å². The Hall–Kier alpha value is -2.11. The minimum Gasteiger partial charge on any atom is -0.310 e. The summed E-state index contributed by atoms with van der Waals surface area (Å²) in [6.07, 6.45) is 0.819. The summed E-state index contributed by atoms with van der Waals surface area (Å²) in [6.45, 7) is 1.96. The summed E-state index contributed by atoms with van der Waals surface area (Å²) in [7, 11) is 1.85. The predicted octanol–water partition coefficient (Wildman–Crippen LogP) is 5.55. The molecule has 0 radical (unpaired) electrons. The summed E-state index contributed by atoms with van der Waals surface area (Å²) in [6, 6.07) is 15.8. The Kier molecular flexibility index (Phi) is 4.82. The summed E-state index contributed by atoms with van der Waals surface area (Å²) in [5.41, 5.74) is 3.91. The van der Waals surface area contributed by atoms with E-state index in [0.29, 0.717) is 0 Å². The molecule has 0 aliphatic heterocycles. The van der Waals surface area contributed by atoms with E-state index >= 15 is 0 Å². The van der Waals surface area contributed by atoms with E-state index in [-0.39, 0.29) is 17.7 Å². The fourth-order valence-corrected chi connectivity index (χ4v) is 4.12. The first-order chi connectivity index (χ1) is 13.0. The minimum absolute atomic E-state index is 0.0151. The average Bonchev–Trinajstić information content (AvgIpc) is 3.38. The van der Waals surface area contributed by atoms with Gasteiger partial charge < -0.3 is 5.32 Å². The third kappa shape index (κ3) is 3.54. The highest BCUT2D eigenvalue weighted by Gasteiger charge is 2.45. The van der Waals surface area contributed by atoms with Gasteiger partial charge in [-0.2, -0.15) is 5.10 Å². The van der Waals surface area contributed by atoms with Crippen LogP contribution in [-0.2, 0) is 11.8 Å². The van der Waals surface area contributed by atoms with Crippen LogP contribution >= 0.6 is 27.5 Å². The normalized spacial score (nSPS) is 18.4. The van der Waals surface area contributed by atoms with Gasteiger partial charge in [0, 0.05) is 28.0 Å². The minimum atomic E-state index is -0.0575. The van der Waals surface area contributed by atoms with E-state index < -0.39 is 0 Å². The second-order valence-electron chi connectivity index (χ2n) is 6.90. The lowest BCUT2D eigenvalue weighted by Crippen LogP contribution is -2.17. The summed E-state index contributed by atoms with van der Waals surface area (Å²) < 4.78 is 2.75. The Balaban J connectivity index is 1.58. The molecule has 4 rings (SSSR count). The third-order valence-electron chi connectivity index (χ3n) is 5.03. The van der Waals surface area contributed by atoms with Gasteiger partial charge in [-0.25, -0.2) is 0 Å². The number of amides is 1. The fourth-order valence-electron chi connectivity index (χ4n) is 3.58. The number of anilines is 1. The van der Waals surface area contributed by atoms with E-state index in [4.69, 9.17) is 11.6 Å². The van der Waals surface area contributed by atoms with Gasteiger partial charge in [0.1, 0.15) is 5.82 Å². The van der Waals surface area contributed by atoms with Crippen molar-refractivity contribution in [1.29, 1.82) is 0 Å². The van der Waals surface area contributed by atoms with Gasteiger partial charge in [0.15, 0.2) is 0 Å². The number of benzene rings is 2. The number of nitrogens with zero attached hydrogens (tertiary/aromatic N) is 2. The number of hydrogen-bond donors (Lipinski definition) is 1. The zero-order valence-corrected chi connectivity index (χ0v) is 17.4. The van der Waals surface area contributed by atoms with E-state index in [0.717, 1.165) is 44.1 Å². The Labute approximate surface area is 171 Å². The highest BCUT2D eigenvalue weighted by Crippen LogP contribution is 2.50. The number of hydrogen-bond acceptors (Lipinski definition) is 2. The molecule has 1 N–H and O–H groups in total. The zero-order valence-electron chi connectivity index (χ0n) is 15.0.